The number of hydrogen-bond donors (Lipinski definition) is 0. The smallest absolute Gasteiger partial charge is 0.227 e. The van der Waals surface area contributed by atoms with Crippen LogP contribution in [0, 0.1) is 6.92 Å². The summed E-state index contributed by atoms with van der Waals surface area (Å²) in [6.07, 6.45) is 2.23. The van der Waals surface area contributed by atoms with Crippen molar-refractivity contribution < 1.29 is 9.53 Å². The number of rotatable bonds is 4. The Bertz CT molecular complexity index is 757. The van der Waals surface area contributed by atoms with Crippen LogP contribution in [0.3, 0.4) is 0 Å². The molecule has 6 heteroatoms. The molecule has 1 atom stereocenters. The van der Waals surface area contributed by atoms with Gasteiger partial charge in [0.05, 0.1) is 25.3 Å². The molecule has 0 N–H and O–H groups in total. The number of methoxy groups -OCH3 is 1. The monoisotopic (exact) mass is 347 g/mol. The maximum absolute atomic E-state index is 12.9. The Morgan fingerprint density at radius 2 is 2.17 bits per heavy atom. The molecule has 1 aromatic heterocycles. The molecule has 0 bridgehead atoms. The van der Waals surface area contributed by atoms with Crippen LogP contribution < -0.4 is 4.74 Å². The Hall–Kier alpha value is -2.01. The number of benzene rings is 1. The van der Waals surface area contributed by atoms with E-state index in [4.69, 9.17) is 16.3 Å². The van der Waals surface area contributed by atoms with Crippen molar-refractivity contribution in [1.29, 1.82) is 0 Å². The summed E-state index contributed by atoms with van der Waals surface area (Å²) in [5.41, 5.74) is 2.78. The molecule has 1 aliphatic rings. The second-order valence-corrected chi connectivity index (χ2v) is 6.51. The van der Waals surface area contributed by atoms with Gasteiger partial charge in [0.25, 0.3) is 0 Å². The number of likely N-dealkylation sites (tertiary alicyclic amines) is 1. The highest BCUT2D eigenvalue weighted by Gasteiger charge is 2.34. The standard InChI is InChI=1S/C18H22ClN3O2/c1-12-17(18(19)21(2)20-12)14-8-6-10-22(14)16(23)11-13-7-4-5-9-15(13)24-3/h4-5,7,9,14H,6,8,10-11H2,1-3H3/t14-/m0/s1. The molecule has 2 heterocycles. The van der Waals surface area contributed by atoms with E-state index in [-0.39, 0.29) is 11.9 Å². The van der Waals surface area contributed by atoms with Crippen molar-refractivity contribution in [3.05, 3.63) is 46.2 Å². The van der Waals surface area contributed by atoms with Gasteiger partial charge in [-0.25, -0.2) is 0 Å². The number of halogens is 1. The maximum Gasteiger partial charge on any atom is 0.227 e. The molecule has 128 valence electrons. The SMILES string of the molecule is COc1ccccc1CC(=O)N1CCC[C@H]1c1c(C)nn(C)c1Cl. The number of nitrogens with zero attached hydrogens (tertiary/aromatic N) is 3. The Morgan fingerprint density at radius 3 is 2.83 bits per heavy atom. The van der Waals surface area contributed by atoms with Crippen LogP contribution in [-0.2, 0) is 18.3 Å². The first-order valence-corrected chi connectivity index (χ1v) is 8.51. The van der Waals surface area contributed by atoms with Gasteiger partial charge in [-0.15, -0.1) is 0 Å². The minimum Gasteiger partial charge on any atom is -0.496 e. The molecular formula is C18H22ClN3O2. The Kier molecular flexibility index (Phi) is 4.81. The van der Waals surface area contributed by atoms with E-state index in [0.29, 0.717) is 11.6 Å². The number of amides is 1. The van der Waals surface area contributed by atoms with E-state index < -0.39 is 0 Å². The Morgan fingerprint density at radius 1 is 1.42 bits per heavy atom. The molecule has 1 aromatic carbocycles. The molecule has 1 saturated heterocycles. The molecule has 1 aliphatic heterocycles. The van der Waals surface area contributed by atoms with E-state index in [1.807, 2.05) is 43.1 Å². The van der Waals surface area contributed by atoms with Gasteiger partial charge in [0, 0.05) is 24.7 Å². The first-order chi connectivity index (χ1) is 11.5. The minimum atomic E-state index is 0.00778. The lowest BCUT2D eigenvalue weighted by atomic mass is 10.0. The van der Waals surface area contributed by atoms with E-state index in [1.54, 1.807) is 11.8 Å². The molecule has 3 rings (SSSR count). The van der Waals surface area contributed by atoms with Crippen molar-refractivity contribution in [3.8, 4) is 5.75 Å². The lowest BCUT2D eigenvalue weighted by Crippen LogP contribution is -2.32. The van der Waals surface area contributed by atoms with Crippen molar-refractivity contribution in [2.24, 2.45) is 7.05 Å². The second-order valence-electron chi connectivity index (χ2n) is 6.15. The van der Waals surface area contributed by atoms with Crippen LogP contribution in [0.15, 0.2) is 24.3 Å². The summed E-state index contributed by atoms with van der Waals surface area (Å²) < 4.78 is 7.03. The van der Waals surface area contributed by atoms with E-state index in [0.717, 1.165) is 42.0 Å². The molecule has 0 spiro atoms. The first kappa shape index (κ1) is 16.8. The minimum absolute atomic E-state index is 0.00778. The summed E-state index contributed by atoms with van der Waals surface area (Å²) in [6, 6.07) is 7.66. The molecule has 1 amide bonds. The van der Waals surface area contributed by atoms with Crippen LogP contribution in [0.5, 0.6) is 5.75 Å². The van der Waals surface area contributed by atoms with Gasteiger partial charge in [-0.2, -0.15) is 5.10 Å². The fraction of sp³-hybridized carbons (Fsp3) is 0.444. The highest BCUT2D eigenvalue weighted by Crippen LogP contribution is 2.38. The molecular weight excluding hydrogens is 326 g/mol. The third-order valence-corrected chi connectivity index (χ3v) is 5.08. The second kappa shape index (κ2) is 6.85. The number of ether oxygens (including phenoxy) is 1. The van der Waals surface area contributed by atoms with E-state index in [1.165, 1.54) is 0 Å². The number of carbonyl (C=O) groups is 1. The third-order valence-electron chi connectivity index (χ3n) is 4.64. The van der Waals surface area contributed by atoms with Crippen molar-refractivity contribution in [1.82, 2.24) is 14.7 Å². The molecule has 0 unspecified atom stereocenters. The summed E-state index contributed by atoms with van der Waals surface area (Å²) in [7, 11) is 3.45. The van der Waals surface area contributed by atoms with Crippen LogP contribution in [-0.4, -0.2) is 34.2 Å². The Labute approximate surface area is 147 Å². The van der Waals surface area contributed by atoms with E-state index >= 15 is 0 Å². The number of hydrogen-bond acceptors (Lipinski definition) is 3. The average molecular weight is 348 g/mol. The van der Waals surface area contributed by atoms with Gasteiger partial charge in [0.15, 0.2) is 0 Å². The number of carbonyl (C=O) groups excluding carboxylic acids is 1. The maximum atomic E-state index is 12.9. The van der Waals surface area contributed by atoms with Crippen LogP contribution in [0.2, 0.25) is 5.15 Å². The lowest BCUT2D eigenvalue weighted by Gasteiger charge is -2.25. The van der Waals surface area contributed by atoms with Gasteiger partial charge in [0.2, 0.25) is 5.91 Å². The van der Waals surface area contributed by atoms with Crippen molar-refractivity contribution in [3.63, 3.8) is 0 Å². The zero-order valence-corrected chi connectivity index (χ0v) is 15.0. The average Bonchev–Trinajstić information content (AvgIpc) is 3.13. The normalized spacial score (nSPS) is 17.3. The highest BCUT2D eigenvalue weighted by molar-refractivity contribution is 6.30. The lowest BCUT2D eigenvalue weighted by molar-refractivity contribution is -0.131. The quantitative estimate of drug-likeness (QED) is 0.852. The van der Waals surface area contributed by atoms with E-state index in [9.17, 15) is 4.79 Å². The first-order valence-electron chi connectivity index (χ1n) is 8.13. The number of aryl methyl sites for hydroxylation is 2. The van der Waals surface area contributed by atoms with Crippen LogP contribution in [0.25, 0.3) is 0 Å². The van der Waals surface area contributed by atoms with Gasteiger partial charge in [-0.3, -0.25) is 9.48 Å². The fourth-order valence-electron chi connectivity index (χ4n) is 3.50. The largest absolute Gasteiger partial charge is 0.496 e. The van der Waals surface area contributed by atoms with Crippen molar-refractivity contribution in [2.45, 2.75) is 32.2 Å². The Balaban J connectivity index is 1.84. The van der Waals surface area contributed by atoms with Gasteiger partial charge < -0.3 is 9.64 Å². The van der Waals surface area contributed by atoms with Crippen LogP contribution in [0.1, 0.15) is 35.7 Å². The van der Waals surface area contributed by atoms with Crippen molar-refractivity contribution >= 4 is 17.5 Å². The third kappa shape index (κ3) is 3.00. The van der Waals surface area contributed by atoms with Crippen molar-refractivity contribution in [2.75, 3.05) is 13.7 Å². The summed E-state index contributed by atoms with van der Waals surface area (Å²) in [5, 5.41) is 5.01. The zero-order valence-electron chi connectivity index (χ0n) is 14.3. The van der Waals surface area contributed by atoms with Gasteiger partial charge in [-0.05, 0) is 25.8 Å². The molecule has 5 nitrogen and oxygen atoms in total. The van der Waals surface area contributed by atoms with Gasteiger partial charge >= 0.3 is 0 Å². The predicted molar refractivity (Wildman–Crippen MR) is 93.3 cm³/mol. The molecule has 1 fully saturated rings. The fourth-order valence-corrected chi connectivity index (χ4v) is 3.80. The zero-order chi connectivity index (χ0) is 17.3. The van der Waals surface area contributed by atoms with Gasteiger partial charge in [-0.1, -0.05) is 29.8 Å². The predicted octanol–water partition coefficient (Wildman–Crippen LogP) is 3.30. The molecule has 2 aromatic rings. The van der Waals surface area contributed by atoms with E-state index in [2.05, 4.69) is 5.10 Å². The number of para-hydroxylation sites is 1. The summed E-state index contributed by atoms with van der Waals surface area (Å²) in [4.78, 5) is 14.8. The van der Waals surface area contributed by atoms with Gasteiger partial charge in [0.1, 0.15) is 10.9 Å². The van der Waals surface area contributed by atoms with Crippen LogP contribution >= 0.6 is 11.6 Å². The molecule has 0 aliphatic carbocycles. The highest BCUT2D eigenvalue weighted by atomic mass is 35.5. The molecule has 24 heavy (non-hydrogen) atoms. The summed E-state index contributed by atoms with van der Waals surface area (Å²) >= 11 is 6.41. The summed E-state index contributed by atoms with van der Waals surface area (Å²) in [6.45, 7) is 2.70. The number of aromatic nitrogens is 2. The van der Waals surface area contributed by atoms with Crippen LogP contribution in [0.4, 0.5) is 0 Å². The molecule has 0 radical (unpaired) electrons. The summed E-state index contributed by atoms with van der Waals surface area (Å²) in [5.74, 6) is 0.846. The topological polar surface area (TPSA) is 47.4 Å². The molecule has 0 saturated carbocycles.